The van der Waals surface area contributed by atoms with Gasteiger partial charge in [-0.3, -0.25) is 0 Å². The summed E-state index contributed by atoms with van der Waals surface area (Å²) in [6.45, 7) is 0. The Bertz CT molecular complexity index is 461. The average Bonchev–Trinajstić information content (AvgIpc) is 3.08. The first-order valence-electron chi connectivity index (χ1n) is 5.00. The molecule has 16 heavy (non-hydrogen) atoms. The van der Waals surface area contributed by atoms with Gasteiger partial charge in [0.25, 0.3) is 0 Å². The Balaban J connectivity index is 2.60. The van der Waals surface area contributed by atoms with Gasteiger partial charge in [0.05, 0.1) is 25.7 Å². The van der Waals surface area contributed by atoms with Crippen molar-refractivity contribution < 1.29 is 9.47 Å². The van der Waals surface area contributed by atoms with Gasteiger partial charge in [0.2, 0.25) is 0 Å². The molecule has 1 aliphatic carbocycles. The molecule has 0 spiro atoms. The number of rotatable bonds is 3. The zero-order chi connectivity index (χ0) is 11.8. The summed E-state index contributed by atoms with van der Waals surface area (Å²) in [4.78, 5) is 0. The zero-order valence-electron chi connectivity index (χ0n) is 9.21. The van der Waals surface area contributed by atoms with E-state index in [1.54, 1.807) is 26.4 Å². The van der Waals surface area contributed by atoms with E-state index in [2.05, 4.69) is 6.07 Å². The third-order valence-electron chi connectivity index (χ3n) is 2.92. The van der Waals surface area contributed by atoms with E-state index in [0.717, 1.165) is 18.4 Å². The van der Waals surface area contributed by atoms with Gasteiger partial charge in [-0.05, 0) is 18.9 Å². The lowest BCUT2D eigenvalue weighted by molar-refractivity contribution is 0.350. The SMILES string of the molecule is COc1cc(Cl)cc(C2(C#N)CC2)c1OC. The minimum absolute atomic E-state index is 0.427. The van der Waals surface area contributed by atoms with Gasteiger partial charge in [-0.1, -0.05) is 11.6 Å². The fourth-order valence-corrected chi connectivity index (χ4v) is 2.06. The molecule has 0 N–H and O–H groups in total. The summed E-state index contributed by atoms with van der Waals surface area (Å²) < 4.78 is 10.5. The summed E-state index contributed by atoms with van der Waals surface area (Å²) in [7, 11) is 3.13. The second-order valence-electron chi connectivity index (χ2n) is 3.88. The van der Waals surface area contributed by atoms with Gasteiger partial charge in [-0.2, -0.15) is 5.26 Å². The van der Waals surface area contributed by atoms with Crippen LogP contribution in [0.2, 0.25) is 5.02 Å². The predicted octanol–water partition coefficient (Wildman–Crippen LogP) is 2.91. The Morgan fingerprint density at radius 3 is 2.44 bits per heavy atom. The normalized spacial score (nSPS) is 16.4. The molecule has 0 radical (unpaired) electrons. The monoisotopic (exact) mass is 237 g/mol. The lowest BCUT2D eigenvalue weighted by Gasteiger charge is -2.16. The standard InChI is InChI=1S/C12H12ClNO2/c1-15-10-6-8(13)5-9(11(10)16-2)12(7-14)3-4-12/h5-6H,3-4H2,1-2H3. The van der Waals surface area contributed by atoms with Crippen LogP contribution in [0.4, 0.5) is 0 Å². The second kappa shape index (κ2) is 3.88. The minimum atomic E-state index is -0.427. The smallest absolute Gasteiger partial charge is 0.165 e. The maximum Gasteiger partial charge on any atom is 0.165 e. The van der Waals surface area contributed by atoms with E-state index in [-0.39, 0.29) is 0 Å². The van der Waals surface area contributed by atoms with E-state index in [9.17, 15) is 5.26 Å². The second-order valence-corrected chi connectivity index (χ2v) is 4.32. The van der Waals surface area contributed by atoms with Gasteiger partial charge in [0, 0.05) is 16.7 Å². The quantitative estimate of drug-likeness (QED) is 0.812. The maximum absolute atomic E-state index is 9.19. The third-order valence-corrected chi connectivity index (χ3v) is 3.14. The van der Waals surface area contributed by atoms with Crippen molar-refractivity contribution in [2.45, 2.75) is 18.3 Å². The van der Waals surface area contributed by atoms with Crippen molar-refractivity contribution in [2.75, 3.05) is 14.2 Å². The summed E-state index contributed by atoms with van der Waals surface area (Å²) in [6, 6.07) is 5.81. The van der Waals surface area contributed by atoms with Crippen molar-refractivity contribution in [3.8, 4) is 17.6 Å². The first kappa shape index (κ1) is 11.1. The molecule has 0 unspecified atom stereocenters. The highest BCUT2D eigenvalue weighted by molar-refractivity contribution is 6.30. The topological polar surface area (TPSA) is 42.2 Å². The lowest BCUT2D eigenvalue weighted by Crippen LogP contribution is -2.06. The van der Waals surface area contributed by atoms with Gasteiger partial charge in [-0.15, -0.1) is 0 Å². The van der Waals surface area contributed by atoms with Gasteiger partial charge in [0.1, 0.15) is 0 Å². The van der Waals surface area contributed by atoms with Gasteiger partial charge < -0.3 is 9.47 Å². The zero-order valence-corrected chi connectivity index (χ0v) is 9.97. The minimum Gasteiger partial charge on any atom is -0.493 e. The van der Waals surface area contributed by atoms with Crippen molar-refractivity contribution in [1.82, 2.24) is 0 Å². The Morgan fingerprint density at radius 2 is 2.00 bits per heavy atom. The summed E-state index contributed by atoms with van der Waals surface area (Å²) in [6.07, 6.45) is 1.70. The number of nitriles is 1. The molecule has 1 saturated carbocycles. The third kappa shape index (κ3) is 1.60. The van der Waals surface area contributed by atoms with Crippen LogP contribution < -0.4 is 9.47 Å². The summed E-state index contributed by atoms with van der Waals surface area (Å²) >= 11 is 6.00. The molecular formula is C12H12ClNO2. The van der Waals surface area contributed by atoms with Crippen molar-refractivity contribution in [1.29, 1.82) is 5.26 Å². The van der Waals surface area contributed by atoms with E-state index in [4.69, 9.17) is 21.1 Å². The average molecular weight is 238 g/mol. The summed E-state index contributed by atoms with van der Waals surface area (Å²) in [5.41, 5.74) is 0.408. The lowest BCUT2D eigenvalue weighted by atomic mass is 9.96. The van der Waals surface area contributed by atoms with Crippen molar-refractivity contribution in [3.05, 3.63) is 22.7 Å². The number of methoxy groups -OCH3 is 2. The number of benzene rings is 1. The van der Waals surface area contributed by atoms with Crippen molar-refractivity contribution >= 4 is 11.6 Å². The van der Waals surface area contributed by atoms with E-state index in [0.29, 0.717) is 16.5 Å². The van der Waals surface area contributed by atoms with Crippen LogP contribution in [0.3, 0.4) is 0 Å². The highest BCUT2D eigenvalue weighted by Gasteiger charge is 2.47. The van der Waals surface area contributed by atoms with Crippen LogP contribution in [-0.2, 0) is 5.41 Å². The molecule has 84 valence electrons. The molecule has 0 bridgehead atoms. The van der Waals surface area contributed by atoms with Crippen LogP contribution in [0.1, 0.15) is 18.4 Å². The predicted molar refractivity (Wildman–Crippen MR) is 61.1 cm³/mol. The van der Waals surface area contributed by atoms with Gasteiger partial charge in [0.15, 0.2) is 11.5 Å². The Morgan fingerprint density at radius 1 is 1.31 bits per heavy atom. The molecule has 4 heteroatoms. The molecule has 0 heterocycles. The summed E-state index contributed by atoms with van der Waals surface area (Å²) in [5, 5.41) is 9.76. The first-order chi connectivity index (χ1) is 7.66. The highest BCUT2D eigenvalue weighted by atomic mass is 35.5. The molecule has 2 rings (SSSR count). The molecule has 1 aliphatic rings. The molecule has 0 aliphatic heterocycles. The molecule has 0 amide bonds. The molecular weight excluding hydrogens is 226 g/mol. The summed E-state index contributed by atoms with van der Waals surface area (Å²) in [5.74, 6) is 1.19. The first-order valence-corrected chi connectivity index (χ1v) is 5.38. The molecule has 0 aromatic heterocycles. The van der Waals surface area contributed by atoms with Crippen LogP contribution >= 0.6 is 11.6 Å². The number of nitrogens with zero attached hydrogens (tertiary/aromatic N) is 1. The van der Waals surface area contributed by atoms with E-state index >= 15 is 0 Å². The molecule has 1 aromatic carbocycles. The molecule has 3 nitrogen and oxygen atoms in total. The van der Waals surface area contributed by atoms with Crippen LogP contribution in [0.5, 0.6) is 11.5 Å². The molecule has 0 atom stereocenters. The number of hydrogen-bond donors (Lipinski definition) is 0. The molecule has 0 saturated heterocycles. The molecule has 1 aromatic rings. The van der Waals surface area contributed by atoms with Gasteiger partial charge >= 0.3 is 0 Å². The van der Waals surface area contributed by atoms with Crippen molar-refractivity contribution in [3.63, 3.8) is 0 Å². The number of ether oxygens (including phenoxy) is 2. The number of hydrogen-bond acceptors (Lipinski definition) is 3. The Labute approximate surface area is 99.5 Å². The fourth-order valence-electron chi connectivity index (χ4n) is 1.85. The fraction of sp³-hybridized carbons (Fsp3) is 0.417. The van der Waals surface area contributed by atoms with Crippen LogP contribution in [0.15, 0.2) is 12.1 Å². The van der Waals surface area contributed by atoms with Crippen molar-refractivity contribution in [2.24, 2.45) is 0 Å². The van der Waals surface area contributed by atoms with E-state index in [1.165, 1.54) is 0 Å². The van der Waals surface area contributed by atoms with E-state index < -0.39 is 5.41 Å². The largest absolute Gasteiger partial charge is 0.493 e. The maximum atomic E-state index is 9.19. The van der Waals surface area contributed by atoms with Crippen LogP contribution in [-0.4, -0.2) is 14.2 Å². The van der Waals surface area contributed by atoms with E-state index in [1.807, 2.05) is 0 Å². The van der Waals surface area contributed by atoms with Crippen LogP contribution in [0.25, 0.3) is 0 Å². The Kier molecular flexibility index (Phi) is 2.69. The highest BCUT2D eigenvalue weighted by Crippen LogP contribution is 2.53. The van der Waals surface area contributed by atoms with Crippen LogP contribution in [0, 0.1) is 11.3 Å². The van der Waals surface area contributed by atoms with Gasteiger partial charge in [-0.25, -0.2) is 0 Å². The molecule has 1 fully saturated rings. The Hall–Kier alpha value is -1.40. The number of halogens is 1.